The Balaban J connectivity index is 4.33. The van der Waals surface area contributed by atoms with Gasteiger partial charge in [0.25, 0.3) is 0 Å². The average molecular weight is 807 g/mol. The van der Waals surface area contributed by atoms with Crippen LogP contribution in [0.5, 0.6) is 0 Å². The highest BCUT2D eigenvalue weighted by molar-refractivity contribution is 5.71. The van der Waals surface area contributed by atoms with Gasteiger partial charge in [-0.25, -0.2) is 0 Å². The Morgan fingerprint density at radius 2 is 0.667 bits per heavy atom. The Bertz CT molecular complexity index is 872. The molecule has 0 saturated carbocycles. The highest BCUT2D eigenvalue weighted by Gasteiger charge is 2.19. The molecule has 0 N–H and O–H groups in total. The average Bonchev–Trinajstić information content (AvgIpc) is 3.19. The van der Waals surface area contributed by atoms with E-state index in [1.807, 2.05) is 0 Å². The molecule has 6 heteroatoms. The van der Waals surface area contributed by atoms with Gasteiger partial charge in [0, 0.05) is 19.3 Å². The van der Waals surface area contributed by atoms with Gasteiger partial charge in [-0.2, -0.15) is 0 Å². The molecule has 0 heterocycles. The van der Waals surface area contributed by atoms with E-state index in [0.717, 1.165) is 69.6 Å². The van der Waals surface area contributed by atoms with E-state index in [1.165, 1.54) is 167 Å². The van der Waals surface area contributed by atoms with Crippen LogP contribution in [0.4, 0.5) is 0 Å². The van der Waals surface area contributed by atoms with Gasteiger partial charge in [0.2, 0.25) is 0 Å². The second kappa shape index (κ2) is 44.0. The number of ether oxygens (including phenoxy) is 3. The largest absolute Gasteiger partial charge is 0.462 e. The lowest BCUT2D eigenvalue weighted by Crippen LogP contribution is -2.30. The lowest BCUT2D eigenvalue weighted by Gasteiger charge is -2.18. The van der Waals surface area contributed by atoms with Gasteiger partial charge in [-0.3, -0.25) is 14.4 Å². The second-order valence-corrected chi connectivity index (χ2v) is 18.2. The normalized spacial score (nSPS) is 12.5. The van der Waals surface area contributed by atoms with E-state index in [0.29, 0.717) is 19.3 Å². The molecule has 0 aromatic heterocycles. The highest BCUT2D eigenvalue weighted by Crippen LogP contribution is 2.17. The molecule has 2 atom stereocenters. The molecule has 6 nitrogen and oxygen atoms in total. The maximum absolute atomic E-state index is 12.8. The Labute approximate surface area is 355 Å². The molecule has 338 valence electrons. The van der Waals surface area contributed by atoms with Gasteiger partial charge in [0.1, 0.15) is 13.2 Å². The Morgan fingerprint density at radius 3 is 1.00 bits per heavy atom. The highest BCUT2D eigenvalue weighted by atomic mass is 16.6. The summed E-state index contributed by atoms with van der Waals surface area (Å²) >= 11 is 0. The van der Waals surface area contributed by atoms with E-state index >= 15 is 0 Å². The summed E-state index contributed by atoms with van der Waals surface area (Å²) in [5.74, 6) is 0.829. The van der Waals surface area contributed by atoms with Crippen LogP contribution >= 0.6 is 0 Å². The lowest BCUT2D eigenvalue weighted by molar-refractivity contribution is -0.167. The summed E-state index contributed by atoms with van der Waals surface area (Å²) in [6.07, 6.45) is 43.6. The minimum atomic E-state index is -0.761. The van der Waals surface area contributed by atoms with Crippen molar-refractivity contribution in [2.75, 3.05) is 13.2 Å². The van der Waals surface area contributed by atoms with Crippen molar-refractivity contribution in [1.29, 1.82) is 0 Å². The molecular formula is C51H98O6. The van der Waals surface area contributed by atoms with Gasteiger partial charge in [-0.05, 0) is 31.1 Å². The van der Waals surface area contributed by atoms with E-state index in [2.05, 4.69) is 34.6 Å². The molecule has 0 aliphatic heterocycles. The molecule has 0 bridgehead atoms. The Kier molecular flexibility index (Phi) is 42.7. The van der Waals surface area contributed by atoms with E-state index in [9.17, 15) is 14.4 Å². The van der Waals surface area contributed by atoms with Crippen molar-refractivity contribution in [3.05, 3.63) is 0 Å². The maximum atomic E-state index is 12.8. The van der Waals surface area contributed by atoms with Gasteiger partial charge >= 0.3 is 17.9 Å². The Hall–Kier alpha value is -1.59. The number of rotatable bonds is 45. The first kappa shape index (κ1) is 55.4. The zero-order chi connectivity index (χ0) is 41.9. The number of carbonyl (C=O) groups excluding carboxylic acids is 3. The van der Waals surface area contributed by atoms with Crippen LogP contribution in [-0.2, 0) is 28.6 Å². The molecule has 0 fully saturated rings. The molecule has 1 unspecified atom stereocenters. The summed E-state index contributed by atoms with van der Waals surface area (Å²) < 4.78 is 16.8. The molecule has 0 amide bonds. The predicted octanol–water partition coefficient (Wildman–Crippen LogP) is 16.1. The monoisotopic (exact) mass is 807 g/mol. The molecule has 0 spiro atoms. The van der Waals surface area contributed by atoms with Crippen LogP contribution in [0.3, 0.4) is 0 Å². The van der Waals surface area contributed by atoms with Gasteiger partial charge in [-0.15, -0.1) is 0 Å². The van der Waals surface area contributed by atoms with Gasteiger partial charge in [-0.1, -0.05) is 240 Å². The number of esters is 3. The predicted molar refractivity (Wildman–Crippen MR) is 243 cm³/mol. The fourth-order valence-corrected chi connectivity index (χ4v) is 7.60. The maximum Gasteiger partial charge on any atom is 0.306 e. The van der Waals surface area contributed by atoms with E-state index in [4.69, 9.17) is 14.2 Å². The topological polar surface area (TPSA) is 78.9 Å². The van der Waals surface area contributed by atoms with Crippen LogP contribution in [0, 0.1) is 11.8 Å². The molecule has 0 aliphatic carbocycles. The third kappa shape index (κ3) is 43.8. The second-order valence-electron chi connectivity index (χ2n) is 18.2. The zero-order valence-corrected chi connectivity index (χ0v) is 39.0. The Morgan fingerprint density at radius 1 is 0.368 bits per heavy atom. The molecule has 0 saturated heterocycles. The van der Waals surface area contributed by atoms with Crippen LogP contribution in [0.25, 0.3) is 0 Å². The smallest absolute Gasteiger partial charge is 0.306 e. The van der Waals surface area contributed by atoms with Crippen LogP contribution in [-0.4, -0.2) is 37.2 Å². The first-order valence-corrected chi connectivity index (χ1v) is 25.3. The minimum absolute atomic E-state index is 0.0641. The standard InChI is InChI=1S/C51H98O6/c1-6-8-9-10-11-12-13-17-20-26-31-36-41-49(52)55-44-48(45-56-50(53)42-37-32-27-23-22-25-30-35-40-47(5)7-2)57-51(54)43-38-33-28-21-18-15-14-16-19-24-29-34-39-46(3)4/h46-48H,6-45H2,1-5H3/t47?,48-/m1/s1. The lowest BCUT2D eigenvalue weighted by atomic mass is 9.99. The van der Waals surface area contributed by atoms with Gasteiger partial charge in [0.05, 0.1) is 0 Å². The summed E-state index contributed by atoms with van der Waals surface area (Å²) in [7, 11) is 0. The summed E-state index contributed by atoms with van der Waals surface area (Å²) in [6.45, 7) is 11.4. The van der Waals surface area contributed by atoms with Crippen LogP contribution in [0.2, 0.25) is 0 Å². The quantitative estimate of drug-likeness (QED) is 0.0346. The minimum Gasteiger partial charge on any atom is -0.462 e. The molecule has 0 radical (unpaired) electrons. The van der Waals surface area contributed by atoms with Crippen molar-refractivity contribution >= 4 is 17.9 Å². The van der Waals surface area contributed by atoms with Crippen LogP contribution in [0.1, 0.15) is 279 Å². The zero-order valence-electron chi connectivity index (χ0n) is 39.0. The van der Waals surface area contributed by atoms with Crippen molar-refractivity contribution in [1.82, 2.24) is 0 Å². The van der Waals surface area contributed by atoms with Crippen molar-refractivity contribution in [2.24, 2.45) is 11.8 Å². The van der Waals surface area contributed by atoms with Crippen molar-refractivity contribution in [3.8, 4) is 0 Å². The molecule has 0 aromatic carbocycles. The van der Waals surface area contributed by atoms with Gasteiger partial charge < -0.3 is 14.2 Å². The van der Waals surface area contributed by atoms with E-state index in [-0.39, 0.29) is 31.1 Å². The van der Waals surface area contributed by atoms with E-state index in [1.54, 1.807) is 0 Å². The molecule has 0 rings (SSSR count). The molecule has 0 aromatic rings. The van der Waals surface area contributed by atoms with Crippen LogP contribution < -0.4 is 0 Å². The van der Waals surface area contributed by atoms with E-state index < -0.39 is 6.10 Å². The number of carbonyl (C=O) groups is 3. The SMILES string of the molecule is CCCCCCCCCCCCCCC(=O)OC[C@H](COC(=O)CCCCCCCCCCC(C)CC)OC(=O)CCCCCCCCCCCCCCC(C)C. The molecule has 57 heavy (non-hydrogen) atoms. The number of hydrogen-bond acceptors (Lipinski definition) is 6. The summed E-state index contributed by atoms with van der Waals surface area (Å²) in [5, 5.41) is 0. The first-order valence-electron chi connectivity index (χ1n) is 25.3. The molecular weight excluding hydrogens is 709 g/mol. The third-order valence-electron chi connectivity index (χ3n) is 11.8. The fraction of sp³-hybridized carbons (Fsp3) is 0.941. The van der Waals surface area contributed by atoms with Crippen molar-refractivity contribution < 1.29 is 28.6 Å². The summed E-state index contributed by atoms with van der Waals surface area (Å²) in [4.78, 5) is 37.9. The number of unbranched alkanes of at least 4 members (excludes halogenated alkanes) is 29. The molecule has 0 aliphatic rings. The van der Waals surface area contributed by atoms with Crippen molar-refractivity contribution in [2.45, 2.75) is 285 Å². The third-order valence-corrected chi connectivity index (χ3v) is 11.8. The fourth-order valence-electron chi connectivity index (χ4n) is 7.60. The van der Waals surface area contributed by atoms with Crippen LogP contribution in [0.15, 0.2) is 0 Å². The van der Waals surface area contributed by atoms with Crippen molar-refractivity contribution in [3.63, 3.8) is 0 Å². The number of hydrogen-bond donors (Lipinski definition) is 0. The van der Waals surface area contributed by atoms with Gasteiger partial charge in [0.15, 0.2) is 6.10 Å². The summed E-state index contributed by atoms with van der Waals surface area (Å²) in [6, 6.07) is 0. The first-order chi connectivity index (χ1) is 27.8. The summed E-state index contributed by atoms with van der Waals surface area (Å²) in [5.41, 5.74) is 0.